The smallest absolute Gasteiger partial charge is 0.265 e. The van der Waals surface area contributed by atoms with Crippen molar-refractivity contribution in [3.8, 4) is 0 Å². The standard InChI is InChI=1S/C11H22F2N2.2C2H6/c1-3-4-5-8-15(2)9-10-11(12,13)6-7-14-10;2*1-2/h10,14H,3-9H2,1-2H3;2*1-2H3. The van der Waals surface area contributed by atoms with Gasteiger partial charge in [0.25, 0.3) is 5.92 Å². The van der Waals surface area contributed by atoms with Crippen LogP contribution in [0.15, 0.2) is 0 Å². The average molecular weight is 280 g/mol. The van der Waals surface area contributed by atoms with Crippen LogP contribution in [0.1, 0.15) is 60.3 Å². The largest absolute Gasteiger partial charge is 0.307 e. The highest BCUT2D eigenvalue weighted by molar-refractivity contribution is 4.91. The Morgan fingerprint density at radius 2 is 1.74 bits per heavy atom. The second-order valence-electron chi connectivity index (χ2n) is 4.49. The molecule has 0 amide bonds. The van der Waals surface area contributed by atoms with Crippen LogP contribution < -0.4 is 5.32 Å². The first kappa shape index (κ1) is 21.1. The number of hydrogen-bond acceptors (Lipinski definition) is 2. The van der Waals surface area contributed by atoms with Crippen molar-refractivity contribution < 1.29 is 8.78 Å². The van der Waals surface area contributed by atoms with E-state index in [0.29, 0.717) is 13.1 Å². The van der Waals surface area contributed by atoms with Crippen molar-refractivity contribution in [3.63, 3.8) is 0 Å². The van der Waals surface area contributed by atoms with Gasteiger partial charge in [0.1, 0.15) is 0 Å². The van der Waals surface area contributed by atoms with Crippen LogP contribution in [-0.2, 0) is 0 Å². The van der Waals surface area contributed by atoms with Crippen LogP contribution >= 0.6 is 0 Å². The van der Waals surface area contributed by atoms with Crippen LogP contribution in [0.25, 0.3) is 0 Å². The van der Waals surface area contributed by atoms with Crippen LogP contribution in [0.3, 0.4) is 0 Å². The molecule has 1 aliphatic rings. The normalized spacial score (nSPS) is 20.4. The molecule has 2 nitrogen and oxygen atoms in total. The minimum atomic E-state index is -2.51. The Hall–Kier alpha value is -0.220. The van der Waals surface area contributed by atoms with Gasteiger partial charge in [0.05, 0.1) is 6.04 Å². The molecule has 1 unspecified atom stereocenters. The minimum Gasteiger partial charge on any atom is -0.307 e. The average Bonchev–Trinajstić information content (AvgIpc) is 2.74. The Bertz CT molecular complexity index is 187. The van der Waals surface area contributed by atoms with Crippen molar-refractivity contribution in [1.82, 2.24) is 10.2 Å². The van der Waals surface area contributed by atoms with E-state index in [2.05, 4.69) is 12.2 Å². The fraction of sp³-hybridized carbons (Fsp3) is 1.00. The number of alkyl halides is 2. The van der Waals surface area contributed by atoms with Gasteiger partial charge in [0.2, 0.25) is 0 Å². The summed E-state index contributed by atoms with van der Waals surface area (Å²) in [4.78, 5) is 2.01. The number of halogens is 2. The molecule has 1 heterocycles. The highest BCUT2D eigenvalue weighted by atomic mass is 19.3. The maximum absolute atomic E-state index is 13.3. The monoisotopic (exact) mass is 280 g/mol. The summed E-state index contributed by atoms with van der Waals surface area (Å²) in [6.45, 7) is 12.0. The lowest BCUT2D eigenvalue weighted by Crippen LogP contribution is -2.44. The summed E-state index contributed by atoms with van der Waals surface area (Å²) in [5, 5.41) is 2.88. The zero-order chi connectivity index (χ0) is 15.3. The fourth-order valence-corrected chi connectivity index (χ4v) is 1.97. The molecule has 0 aromatic heterocycles. The van der Waals surface area contributed by atoms with Gasteiger partial charge >= 0.3 is 0 Å². The Kier molecular flexibility index (Phi) is 14.2. The molecule has 0 saturated carbocycles. The van der Waals surface area contributed by atoms with E-state index in [1.165, 1.54) is 12.8 Å². The van der Waals surface area contributed by atoms with Crippen LogP contribution in [0.5, 0.6) is 0 Å². The van der Waals surface area contributed by atoms with Gasteiger partial charge < -0.3 is 10.2 Å². The third-order valence-electron chi connectivity index (χ3n) is 3.00. The number of likely N-dealkylation sites (N-methyl/N-ethyl adjacent to an activating group) is 1. The molecule has 1 atom stereocenters. The molecule has 0 aromatic carbocycles. The number of nitrogens with one attached hydrogen (secondary N) is 1. The van der Waals surface area contributed by atoms with E-state index in [9.17, 15) is 8.78 Å². The third kappa shape index (κ3) is 9.33. The van der Waals surface area contributed by atoms with E-state index in [4.69, 9.17) is 0 Å². The predicted octanol–water partition coefficient (Wildman–Crippen LogP) is 4.16. The summed E-state index contributed by atoms with van der Waals surface area (Å²) < 4.78 is 26.5. The summed E-state index contributed by atoms with van der Waals surface area (Å²) in [5.41, 5.74) is 0. The van der Waals surface area contributed by atoms with Gasteiger partial charge in [-0.1, -0.05) is 47.5 Å². The highest BCUT2D eigenvalue weighted by Gasteiger charge is 2.43. The van der Waals surface area contributed by atoms with E-state index in [-0.39, 0.29) is 6.42 Å². The molecule has 118 valence electrons. The van der Waals surface area contributed by atoms with Crippen molar-refractivity contribution >= 4 is 0 Å². The topological polar surface area (TPSA) is 15.3 Å². The Morgan fingerprint density at radius 1 is 1.16 bits per heavy atom. The lowest BCUT2D eigenvalue weighted by molar-refractivity contribution is -0.0187. The molecular weight excluding hydrogens is 246 g/mol. The molecular formula is C15H34F2N2. The first-order chi connectivity index (χ1) is 9.06. The summed E-state index contributed by atoms with van der Waals surface area (Å²) in [7, 11) is 1.92. The van der Waals surface area contributed by atoms with E-state index < -0.39 is 12.0 Å². The minimum absolute atomic E-state index is 0.0134. The van der Waals surface area contributed by atoms with Gasteiger partial charge in [-0.25, -0.2) is 8.78 Å². The molecule has 0 aliphatic carbocycles. The van der Waals surface area contributed by atoms with Gasteiger partial charge in [-0.3, -0.25) is 0 Å². The summed E-state index contributed by atoms with van der Waals surface area (Å²) >= 11 is 0. The Balaban J connectivity index is 0. The molecule has 0 radical (unpaired) electrons. The quantitative estimate of drug-likeness (QED) is 0.735. The van der Waals surface area contributed by atoms with Crippen molar-refractivity contribution in [3.05, 3.63) is 0 Å². The Morgan fingerprint density at radius 3 is 2.16 bits per heavy atom. The lowest BCUT2D eigenvalue weighted by atomic mass is 10.1. The first-order valence-electron chi connectivity index (χ1n) is 7.86. The van der Waals surface area contributed by atoms with Crippen molar-refractivity contribution in [2.24, 2.45) is 0 Å². The van der Waals surface area contributed by atoms with Crippen LogP contribution in [0, 0.1) is 0 Å². The molecule has 0 aromatic rings. The highest BCUT2D eigenvalue weighted by Crippen LogP contribution is 2.27. The van der Waals surface area contributed by atoms with E-state index in [1.807, 2.05) is 39.6 Å². The zero-order valence-electron chi connectivity index (χ0n) is 13.7. The first-order valence-corrected chi connectivity index (χ1v) is 7.86. The van der Waals surface area contributed by atoms with E-state index in [1.54, 1.807) is 0 Å². The van der Waals surface area contributed by atoms with Gasteiger partial charge in [-0.05, 0) is 20.0 Å². The van der Waals surface area contributed by atoms with Crippen molar-refractivity contribution in [2.45, 2.75) is 72.3 Å². The number of hydrogen-bond donors (Lipinski definition) is 1. The van der Waals surface area contributed by atoms with Crippen LogP contribution in [-0.4, -0.2) is 43.5 Å². The number of rotatable bonds is 6. The van der Waals surface area contributed by atoms with Crippen LogP contribution in [0.4, 0.5) is 8.78 Å². The maximum Gasteiger partial charge on any atom is 0.265 e. The molecule has 1 aliphatic heterocycles. The van der Waals surface area contributed by atoms with Crippen molar-refractivity contribution in [2.75, 3.05) is 26.7 Å². The second kappa shape index (κ2) is 12.8. The van der Waals surface area contributed by atoms with Crippen LogP contribution in [0.2, 0.25) is 0 Å². The van der Waals surface area contributed by atoms with Crippen molar-refractivity contribution in [1.29, 1.82) is 0 Å². The molecule has 1 fully saturated rings. The van der Waals surface area contributed by atoms with Gasteiger partial charge in [0.15, 0.2) is 0 Å². The summed E-state index contributed by atoms with van der Waals surface area (Å²) in [6, 6.07) is -0.649. The molecule has 1 saturated heterocycles. The molecule has 1 rings (SSSR count). The second-order valence-corrected chi connectivity index (χ2v) is 4.49. The summed E-state index contributed by atoms with van der Waals surface area (Å²) in [5.74, 6) is -2.51. The maximum atomic E-state index is 13.3. The molecule has 0 bridgehead atoms. The van der Waals surface area contributed by atoms with E-state index in [0.717, 1.165) is 13.0 Å². The zero-order valence-corrected chi connectivity index (χ0v) is 13.7. The SMILES string of the molecule is CC.CC.CCCCCN(C)CC1NCCC1(F)F. The lowest BCUT2D eigenvalue weighted by Gasteiger charge is -2.25. The van der Waals surface area contributed by atoms with Gasteiger partial charge in [-0.15, -0.1) is 0 Å². The number of unbranched alkanes of at least 4 members (excludes halogenated alkanes) is 2. The predicted molar refractivity (Wildman–Crippen MR) is 81.1 cm³/mol. The molecule has 19 heavy (non-hydrogen) atoms. The fourth-order valence-electron chi connectivity index (χ4n) is 1.97. The van der Waals surface area contributed by atoms with Gasteiger partial charge in [0, 0.05) is 19.5 Å². The molecule has 1 N–H and O–H groups in total. The van der Waals surface area contributed by atoms with Gasteiger partial charge in [-0.2, -0.15) is 0 Å². The summed E-state index contributed by atoms with van der Waals surface area (Å²) in [6.07, 6.45) is 3.44. The third-order valence-corrected chi connectivity index (χ3v) is 3.00. The number of nitrogens with zero attached hydrogens (tertiary/aromatic N) is 1. The Labute approximate surface area is 118 Å². The molecule has 0 spiro atoms. The van der Waals surface area contributed by atoms with E-state index >= 15 is 0 Å². The molecule has 4 heteroatoms.